The van der Waals surface area contributed by atoms with Gasteiger partial charge in [0, 0.05) is 11.9 Å². The van der Waals surface area contributed by atoms with Gasteiger partial charge in [-0.3, -0.25) is 0 Å². The van der Waals surface area contributed by atoms with Crippen LogP contribution in [0.1, 0.15) is 5.56 Å². The molecule has 0 saturated carbocycles. The number of aromatic nitrogens is 2. The van der Waals surface area contributed by atoms with E-state index in [1.54, 1.807) is 29.1 Å². The third-order valence-corrected chi connectivity index (χ3v) is 4.34. The van der Waals surface area contributed by atoms with Gasteiger partial charge in [0.05, 0.1) is 43.3 Å². The summed E-state index contributed by atoms with van der Waals surface area (Å²) >= 11 is 6.43. The first-order valence-electron chi connectivity index (χ1n) is 8.02. The summed E-state index contributed by atoms with van der Waals surface area (Å²) in [5, 5.41) is 4.66. The summed E-state index contributed by atoms with van der Waals surface area (Å²) in [7, 11) is 2.48. The van der Waals surface area contributed by atoms with Gasteiger partial charge in [0.15, 0.2) is 0 Å². The van der Waals surface area contributed by atoms with Crippen LogP contribution in [0.5, 0.6) is 0 Å². The second kappa shape index (κ2) is 7.81. The van der Waals surface area contributed by atoms with E-state index in [4.69, 9.17) is 25.8 Å². The van der Waals surface area contributed by atoms with Gasteiger partial charge in [0.2, 0.25) is 0 Å². The van der Waals surface area contributed by atoms with Crippen molar-refractivity contribution < 1.29 is 23.8 Å². The van der Waals surface area contributed by atoms with Crippen molar-refractivity contribution in [3.63, 3.8) is 0 Å². The van der Waals surface area contributed by atoms with E-state index < -0.39 is 11.9 Å². The topological polar surface area (TPSA) is 82.9 Å². The average molecular weight is 392 g/mol. The highest BCUT2D eigenvalue weighted by Crippen LogP contribution is 2.31. The molecule has 2 heterocycles. The highest BCUT2D eigenvalue weighted by molar-refractivity contribution is 6.32. The van der Waals surface area contributed by atoms with Gasteiger partial charge in [-0.2, -0.15) is 5.10 Å². The Kier molecular flexibility index (Phi) is 5.48. The summed E-state index contributed by atoms with van der Waals surface area (Å²) < 4.78 is 16.7. The molecule has 27 heavy (non-hydrogen) atoms. The van der Waals surface area contributed by atoms with Crippen molar-refractivity contribution in [1.82, 2.24) is 9.78 Å². The fraction of sp³-hybridized carbons (Fsp3) is 0.278. The van der Waals surface area contributed by atoms with Crippen molar-refractivity contribution in [2.75, 3.05) is 32.5 Å². The summed E-state index contributed by atoms with van der Waals surface area (Å²) in [4.78, 5) is 25.9. The Morgan fingerprint density at radius 1 is 1.22 bits per heavy atom. The van der Waals surface area contributed by atoms with Crippen LogP contribution in [0, 0.1) is 6.92 Å². The zero-order valence-corrected chi connectivity index (χ0v) is 15.8. The van der Waals surface area contributed by atoms with Gasteiger partial charge in [-0.25, -0.2) is 14.3 Å². The lowest BCUT2D eigenvalue weighted by Gasteiger charge is -2.31. The van der Waals surface area contributed by atoms with Crippen LogP contribution in [0.3, 0.4) is 0 Å². The van der Waals surface area contributed by atoms with Crippen LogP contribution >= 0.6 is 11.6 Å². The van der Waals surface area contributed by atoms with Crippen LogP contribution in [0.4, 0.5) is 5.69 Å². The molecule has 0 fully saturated rings. The van der Waals surface area contributed by atoms with Crippen LogP contribution in [0.25, 0.3) is 5.69 Å². The fourth-order valence-electron chi connectivity index (χ4n) is 2.74. The highest BCUT2D eigenvalue weighted by Gasteiger charge is 2.32. The monoisotopic (exact) mass is 391 g/mol. The summed E-state index contributed by atoms with van der Waals surface area (Å²) in [6.07, 6.45) is 3.57. The lowest BCUT2D eigenvalue weighted by atomic mass is 10.1. The first-order chi connectivity index (χ1) is 13.0. The fourth-order valence-corrected chi connectivity index (χ4v) is 3.00. The van der Waals surface area contributed by atoms with Crippen molar-refractivity contribution in [2.24, 2.45) is 0 Å². The normalized spacial score (nSPS) is 14.3. The van der Waals surface area contributed by atoms with Crippen molar-refractivity contribution in [2.45, 2.75) is 6.92 Å². The molecule has 0 saturated heterocycles. The molecule has 0 spiro atoms. The Bertz CT molecular complexity index is 921. The van der Waals surface area contributed by atoms with Crippen molar-refractivity contribution in [1.29, 1.82) is 0 Å². The van der Waals surface area contributed by atoms with Crippen molar-refractivity contribution >= 4 is 29.2 Å². The minimum atomic E-state index is -0.665. The van der Waals surface area contributed by atoms with Crippen molar-refractivity contribution in [3.05, 3.63) is 52.4 Å². The minimum absolute atomic E-state index is 0.0496. The first kappa shape index (κ1) is 18.9. The number of ether oxygens (including phenoxy) is 3. The van der Waals surface area contributed by atoms with Gasteiger partial charge in [0.25, 0.3) is 0 Å². The molecule has 142 valence electrons. The number of carbonyl (C=O) groups is 2. The van der Waals surface area contributed by atoms with E-state index in [0.29, 0.717) is 16.4 Å². The quantitative estimate of drug-likeness (QED) is 0.739. The van der Waals surface area contributed by atoms with E-state index in [0.717, 1.165) is 5.56 Å². The second-order valence-corrected chi connectivity index (χ2v) is 6.22. The maximum Gasteiger partial charge on any atom is 0.355 e. The molecule has 8 nitrogen and oxygen atoms in total. The van der Waals surface area contributed by atoms with E-state index in [1.165, 1.54) is 19.1 Å². The van der Waals surface area contributed by atoms with Gasteiger partial charge in [-0.05, 0) is 30.7 Å². The number of hydrogen-bond acceptors (Lipinski definition) is 7. The van der Waals surface area contributed by atoms with E-state index >= 15 is 0 Å². The molecule has 1 aliphatic heterocycles. The minimum Gasteiger partial charge on any atom is -0.466 e. The Balaban J connectivity index is 2.04. The van der Waals surface area contributed by atoms with Crippen LogP contribution in [0.2, 0.25) is 5.02 Å². The molecule has 1 aromatic heterocycles. The molecule has 0 bridgehead atoms. The molecule has 9 heteroatoms. The molecule has 0 amide bonds. The number of benzene rings is 1. The van der Waals surface area contributed by atoms with Crippen LogP contribution < -0.4 is 4.90 Å². The third-order valence-electron chi connectivity index (χ3n) is 4.03. The molecule has 0 N–H and O–H groups in total. The Labute approximate surface area is 160 Å². The second-order valence-electron chi connectivity index (χ2n) is 5.81. The average Bonchev–Trinajstić information content (AvgIpc) is 3.12. The molecule has 0 unspecified atom stereocenters. The van der Waals surface area contributed by atoms with Crippen LogP contribution in [-0.4, -0.2) is 49.3 Å². The number of anilines is 1. The number of rotatable bonds is 4. The summed E-state index contributed by atoms with van der Waals surface area (Å²) in [6.45, 7) is 1.94. The summed E-state index contributed by atoms with van der Waals surface area (Å²) in [5.74, 6) is -1.32. The van der Waals surface area contributed by atoms with Crippen molar-refractivity contribution in [3.8, 4) is 5.69 Å². The standard InChI is InChI=1S/C18H18ClN3O5/c1-11-7-20-22(8-11)15-5-4-12(6-14(15)19)21-10-27-9-13(17(23)25-2)16(21)18(24)26-3/h4-8H,9-10H2,1-3H3. The number of aryl methyl sites for hydroxylation is 1. The Morgan fingerprint density at radius 3 is 2.56 bits per heavy atom. The first-order valence-corrected chi connectivity index (χ1v) is 8.40. The smallest absolute Gasteiger partial charge is 0.355 e. The number of methoxy groups -OCH3 is 2. The van der Waals surface area contributed by atoms with E-state index in [2.05, 4.69) is 5.10 Å². The number of carbonyl (C=O) groups excluding carboxylic acids is 2. The Hall–Kier alpha value is -2.84. The molecule has 3 rings (SSSR count). The zero-order chi connectivity index (χ0) is 19.6. The molecule has 2 aromatic rings. The van der Waals surface area contributed by atoms with Gasteiger partial charge in [0.1, 0.15) is 12.4 Å². The largest absolute Gasteiger partial charge is 0.466 e. The molecular weight excluding hydrogens is 374 g/mol. The van der Waals surface area contributed by atoms with Crippen LogP contribution in [-0.2, 0) is 23.8 Å². The maximum absolute atomic E-state index is 12.3. The van der Waals surface area contributed by atoms with Gasteiger partial charge in [-0.1, -0.05) is 11.6 Å². The predicted octanol–water partition coefficient (Wildman–Crippen LogP) is 2.23. The SMILES string of the molecule is COC(=O)C1=C(C(=O)OC)N(c2ccc(-n3cc(C)cn3)c(Cl)c2)COC1. The maximum atomic E-state index is 12.3. The predicted molar refractivity (Wildman–Crippen MR) is 97.7 cm³/mol. The lowest BCUT2D eigenvalue weighted by Crippen LogP contribution is -2.38. The third kappa shape index (κ3) is 3.67. The Morgan fingerprint density at radius 2 is 1.96 bits per heavy atom. The molecular formula is C18H18ClN3O5. The van der Waals surface area contributed by atoms with Crippen LogP contribution in [0.15, 0.2) is 41.9 Å². The van der Waals surface area contributed by atoms with E-state index in [-0.39, 0.29) is 24.6 Å². The molecule has 1 aromatic carbocycles. The van der Waals surface area contributed by atoms with E-state index in [1.807, 2.05) is 13.1 Å². The highest BCUT2D eigenvalue weighted by atomic mass is 35.5. The lowest BCUT2D eigenvalue weighted by molar-refractivity contribution is -0.140. The molecule has 0 aliphatic carbocycles. The molecule has 0 atom stereocenters. The summed E-state index contributed by atoms with van der Waals surface area (Å²) in [6, 6.07) is 5.19. The van der Waals surface area contributed by atoms with Gasteiger partial charge in [-0.15, -0.1) is 0 Å². The molecule has 0 radical (unpaired) electrons. The molecule has 1 aliphatic rings. The summed E-state index contributed by atoms with van der Waals surface area (Å²) in [5.41, 5.74) is 2.39. The number of esters is 2. The zero-order valence-electron chi connectivity index (χ0n) is 15.1. The number of hydrogen-bond donors (Lipinski definition) is 0. The number of halogens is 1. The van der Waals surface area contributed by atoms with E-state index in [9.17, 15) is 9.59 Å². The number of nitrogens with zero attached hydrogens (tertiary/aromatic N) is 3. The van der Waals surface area contributed by atoms with Gasteiger partial charge < -0.3 is 19.1 Å². The van der Waals surface area contributed by atoms with Gasteiger partial charge >= 0.3 is 11.9 Å².